The number of nitrogens with zero attached hydrogens (tertiary/aromatic N) is 4. The highest BCUT2D eigenvalue weighted by molar-refractivity contribution is 5.68. The first-order valence-corrected chi connectivity index (χ1v) is 6.63. The van der Waals surface area contributed by atoms with Crippen molar-refractivity contribution in [2.24, 2.45) is 5.92 Å². The van der Waals surface area contributed by atoms with Crippen molar-refractivity contribution in [1.82, 2.24) is 14.9 Å². The number of fused-ring (bicyclic) bond motifs is 4. The minimum atomic E-state index is -0.212. The molecular weight excluding hydrogens is 244 g/mol. The maximum absolute atomic E-state index is 11.8. The normalized spacial score (nSPS) is 26.2. The Balaban J connectivity index is 1.81. The van der Waals surface area contributed by atoms with Crippen LogP contribution in [0.5, 0.6) is 0 Å². The van der Waals surface area contributed by atoms with E-state index in [1.165, 1.54) is 7.11 Å². The number of anilines is 1. The molecule has 0 aromatic carbocycles. The first kappa shape index (κ1) is 12.2. The summed E-state index contributed by atoms with van der Waals surface area (Å²) in [6.45, 7) is 2.53. The summed E-state index contributed by atoms with van der Waals surface area (Å²) in [5.41, 5.74) is 0. The van der Waals surface area contributed by atoms with Crippen molar-refractivity contribution in [2.75, 3.05) is 31.6 Å². The standard InChI is InChI=1S/C13H18N4O2/c1-19-13(18)17-8-10-2-3-11(17)9-16(7-10)12-6-14-4-5-15-12/h4-6,10-11H,2-3,7-9H2,1H3/t10-,11+/m0/s1. The number of hydrogen-bond donors (Lipinski definition) is 0. The van der Waals surface area contributed by atoms with E-state index < -0.39 is 0 Å². The van der Waals surface area contributed by atoms with Crippen LogP contribution >= 0.6 is 0 Å². The Hall–Kier alpha value is -1.85. The van der Waals surface area contributed by atoms with E-state index in [0.717, 1.165) is 38.3 Å². The molecular formula is C13H18N4O2. The van der Waals surface area contributed by atoms with E-state index in [-0.39, 0.29) is 12.1 Å². The SMILES string of the molecule is COC(=O)N1C[C@H]2CC[C@@H]1CN(c1cnccn1)C2. The highest BCUT2D eigenvalue weighted by Gasteiger charge is 2.38. The van der Waals surface area contributed by atoms with Gasteiger partial charge in [-0.3, -0.25) is 4.98 Å². The maximum Gasteiger partial charge on any atom is 0.409 e. The van der Waals surface area contributed by atoms with Crippen LogP contribution in [0.15, 0.2) is 18.6 Å². The Bertz CT molecular complexity index is 453. The monoisotopic (exact) mass is 262 g/mol. The summed E-state index contributed by atoms with van der Waals surface area (Å²) in [5.74, 6) is 1.38. The largest absolute Gasteiger partial charge is 0.453 e. The van der Waals surface area contributed by atoms with Gasteiger partial charge in [0.2, 0.25) is 0 Å². The molecule has 3 saturated heterocycles. The summed E-state index contributed by atoms with van der Waals surface area (Å²) < 4.78 is 4.88. The van der Waals surface area contributed by atoms with Gasteiger partial charge in [-0.15, -0.1) is 0 Å². The first-order chi connectivity index (χ1) is 9.28. The van der Waals surface area contributed by atoms with Crippen LogP contribution in [0.25, 0.3) is 0 Å². The summed E-state index contributed by atoms with van der Waals surface area (Å²) in [6, 6.07) is 0.216. The Labute approximate surface area is 112 Å². The average molecular weight is 262 g/mol. The van der Waals surface area contributed by atoms with Gasteiger partial charge >= 0.3 is 6.09 Å². The van der Waals surface area contributed by atoms with Crippen molar-refractivity contribution in [3.05, 3.63) is 18.6 Å². The second kappa shape index (κ2) is 5.03. The zero-order chi connectivity index (χ0) is 13.2. The number of ether oxygens (including phenoxy) is 1. The number of rotatable bonds is 1. The highest BCUT2D eigenvalue weighted by atomic mass is 16.5. The number of carbonyl (C=O) groups excluding carboxylic acids is 1. The minimum absolute atomic E-state index is 0.212. The Morgan fingerprint density at radius 3 is 2.95 bits per heavy atom. The number of methoxy groups -OCH3 is 1. The van der Waals surface area contributed by atoms with E-state index >= 15 is 0 Å². The molecule has 0 unspecified atom stereocenters. The van der Waals surface area contributed by atoms with Crippen LogP contribution in [0.4, 0.5) is 10.6 Å². The maximum atomic E-state index is 11.8. The Morgan fingerprint density at radius 1 is 1.32 bits per heavy atom. The number of carbonyl (C=O) groups is 1. The summed E-state index contributed by atoms with van der Waals surface area (Å²) in [6.07, 6.45) is 7.16. The molecule has 3 aliphatic rings. The van der Waals surface area contributed by atoms with E-state index in [1.807, 2.05) is 4.90 Å². The molecule has 0 radical (unpaired) electrons. The van der Waals surface area contributed by atoms with E-state index in [1.54, 1.807) is 18.6 Å². The molecule has 3 aliphatic heterocycles. The van der Waals surface area contributed by atoms with E-state index in [0.29, 0.717) is 5.92 Å². The van der Waals surface area contributed by atoms with Crippen LogP contribution in [0.2, 0.25) is 0 Å². The van der Waals surface area contributed by atoms with Gasteiger partial charge in [-0.1, -0.05) is 0 Å². The third-order valence-corrected chi connectivity index (χ3v) is 4.00. The lowest BCUT2D eigenvalue weighted by Crippen LogP contribution is -2.47. The summed E-state index contributed by atoms with van der Waals surface area (Å²) in [7, 11) is 1.45. The van der Waals surface area contributed by atoms with Crippen LogP contribution < -0.4 is 4.90 Å². The predicted octanol–water partition coefficient (Wildman–Crippen LogP) is 1.14. The highest BCUT2D eigenvalue weighted by Crippen LogP contribution is 2.30. The van der Waals surface area contributed by atoms with Crippen LogP contribution in [0, 0.1) is 5.92 Å². The molecule has 2 bridgehead atoms. The number of aromatic nitrogens is 2. The molecule has 1 aromatic rings. The van der Waals surface area contributed by atoms with E-state index in [4.69, 9.17) is 4.74 Å². The van der Waals surface area contributed by atoms with Gasteiger partial charge in [0, 0.05) is 32.0 Å². The molecule has 3 fully saturated rings. The smallest absolute Gasteiger partial charge is 0.409 e. The van der Waals surface area contributed by atoms with Crippen molar-refractivity contribution in [3.63, 3.8) is 0 Å². The molecule has 4 rings (SSSR count). The average Bonchev–Trinajstić information content (AvgIpc) is 2.79. The predicted molar refractivity (Wildman–Crippen MR) is 69.9 cm³/mol. The van der Waals surface area contributed by atoms with E-state index in [9.17, 15) is 4.79 Å². The van der Waals surface area contributed by atoms with Gasteiger partial charge < -0.3 is 14.5 Å². The molecule has 0 spiro atoms. The second-order valence-corrected chi connectivity index (χ2v) is 5.19. The number of piperidine rings is 1. The molecule has 6 heteroatoms. The van der Waals surface area contributed by atoms with Crippen molar-refractivity contribution >= 4 is 11.9 Å². The Kier molecular flexibility index (Phi) is 3.23. The fraction of sp³-hybridized carbons (Fsp3) is 0.615. The lowest BCUT2D eigenvalue weighted by molar-refractivity contribution is 0.0848. The van der Waals surface area contributed by atoms with Gasteiger partial charge in [0.1, 0.15) is 5.82 Å². The fourth-order valence-corrected chi connectivity index (χ4v) is 3.06. The lowest BCUT2D eigenvalue weighted by atomic mass is 9.95. The fourth-order valence-electron chi connectivity index (χ4n) is 3.06. The van der Waals surface area contributed by atoms with Crippen LogP contribution in [-0.4, -0.2) is 53.7 Å². The quantitative estimate of drug-likeness (QED) is 0.759. The van der Waals surface area contributed by atoms with E-state index in [2.05, 4.69) is 14.9 Å². The zero-order valence-corrected chi connectivity index (χ0v) is 11.0. The molecule has 102 valence electrons. The van der Waals surface area contributed by atoms with Gasteiger partial charge in [0.25, 0.3) is 0 Å². The van der Waals surface area contributed by atoms with Crippen molar-refractivity contribution in [2.45, 2.75) is 18.9 Å². The molecule has 0 saturated carbocycles. The van der Waals surface area contributed by atoms with Crippen LogP contribution in [0.3, 0.4) is 0 Å². The van der Waals surface area contributed by atoms with Gasteiger partial charge in [-0.2, -0.15) is 0 Å². The second-order valence-electron chi connectivity index (χ2n) is 5.19. The molecule has 2 atom stereocenters. The molecule has 4 heterocycles. The molecule has 0 N–H and O–H groups in total. The number of amides is 1. The zero-order valence-electron chi connectivity index (χ0n) is 11.0. The summed E-state index contributed by atoms with van der Waals surface area (Å²) in [4.78, 5) is 24.4. The molecule has 0 aliphatic carbocycles. The van der Waals surface area contributed by atoms with Crippen LogP contribution in [-0.2, 0) is 4.74 Å². The van der Waals surface area contributed by atoms with Crippen molar-refractivity contribution in [3.8, 4) is 0 Å². The van der Waals surface area contributed by atoms with Gasteiger partial charge in [-0.05, 0) is 18.8 Å². The van der Waals surface area contributed by atoms with Crippen molar-refractivity contribution < 1.29 is 9.53 Å². The summed E-state index contributed by atoms with van der Waals surface area (Å²) >= 11 is 0. The summed E-state index contributed by atoms with van der Waals surface area (Å²) in [5, 5.41) is 0. The Morgan fingerprint density at radius 2 is 2.21 bits per heavy atom. The van der Waals surface area contributed by atoms with Crippen LogP contribution in [0.1, 0.15) is 12.8 Å². The molecule has 19 heavy (non-hydrogen) atoms. The van der Waals surface area contributed by atoms with Gasteiger partial charge in [0.05, 0.1) is 19.3 Å². The van der Waals surface area contributed by atoms with Gasteiger partial charge in [-0.25, -0.2) is 9.78 Å². The minimum Gasteiger partial charge on any atom is -0.453 e. The topological polar surface area (TPSA) is 58.6 Å². The third-order valence-electron chi connectivity index (χ3n) is 4.00. The van der Waals surface area contributed by atoms with Gasteiger partial charge in [0.15, 0.2) is 0 Å². The molecule has 1 amide bonds. The lowest BCUT2D eigenvalue weighted by Gasteiger charge is -2.34. The van der Waals surface area contributed by atoms with Crippen molar-refractivity contribution in [1.29, 1.82) is 0 Å². The molecule has 1 aromatic heterocycles. The number of hydrogen-bond acceptors (Lipinski definition) is 5. The first-order valence-electron chi connectivity index (χ1n) is 6.63. The third kappa shape index (κ3) is 2.34. The molecule has 6 nitrogen and oxygen atoms in total.